The summed E-state index contributed by atoms with van der Waals surface area (Å²) in [6, 6.07) is 0.232. The number of alkyl halides is 3. The Bertz CT molecular complexity index is 521. The fraction of sp³-hybridized carbons (Fsp3) is 0.818. The van der Waals surface area contributed by atoms with Gasteiger partial charge in [0.05, 0.1) is 13.2 Å². The predicted octanol–water partition coefficient (Wildman–Crippen LogP) is 2.08. The van der Waals surface area contributed by atoms with E-state index in [2.05, 4.69) is 5.10 Å². The summed E-state index contributed by atoms with van der Waals surface area (Å²) in [5.41, 5.74) is 0. The molecule has 2 rings (SSSR count). The number of hydrogen-bond donors (Lipinski definition) is 1. The summed E-state index contributed by atoms with van der Waals surface area (Å²) >= 11 is 5.25. The molecule has 0 aliphatic heterocycles. The highest BCUT2D eigenvalue weighted by Crippen LogP contribution is 2.36. The Balaban J connectivity index is 2.18. The molecule has 1 heterocycles. The molecule has 1 aromatic heterocycles. The molecule has 1 aromatic rings. The van der Waals surface area contributed by atoms with Gasteiger partial charge in [0.25, 0.3) is 0 Å². The second-order valence-electron chi connectivity index (χ2n) is 4.86. The third kappa shape index (κ3) is 3.58. The van der Waals surface area contributed by atoms with Crippen LogP contribution in [0.15, 0.2) is 0 Å². The monoisotopic (exact) mass is 310 g/mol. The van der Waals surface area contributed by atoms with E-state index in [1.807, 2.05) is 0 Å². The van der Waals surface area contributed by atoms with Gasteiger partial charge in [0.1, 0.15) is 6.61 Å². The van der Waals surface area contributed by atoms with Gasteiger partial charge >= 0.3 is 6.18 Å². The van der Waals surface area contributed by atoms with Gasteiger partial charge in [0.2, 0.25) is 0 Å². The number of halogens is 3. The number of nitrogens with zero attached hydrogens (tertiary/aromatic N) is 4. The summed E-state index contributed by atoms with van der Waals surface area (Å²) in [5.74, 6) is 0.417. The van der Waals surface area contributed by atoms with Gasteiger partial charge in [-0.1, -0.05) is 6.92 Å². The molecule has 0 amide bonds. The van der Waals surface area contributed by atoms with E-state index in [4.69, 9.17) is 12.2 Å². The number of aliphatic hydroxyl groups is 1. The van der Waals surface area contributed by atoms with Crippen LogP contribution < -0.4 is 0 Å². The smallest absolute Gasteiger partial charge is 0.388 e. The van der Waals surface area contributed by atoms with Gasteiger partial charge in [-0.3, -0.25) is 9.47 Å². The lowest BCUT2D eigenvalue weighted by Gasteiger charge is -2.21. The molecule has 9 heteroatoms. The summed E-state index contributed by atoms with van der Waals surface area (Å²) in [6.07, 6.45) is -2.32. The highest BCUT2D eigenvalue weighted by Gasteiger charge is 2.31. The maximum absolute atomic E-state index is 12.4. The number of aliphatic hydroxyl groups excluding tert-OH is 1. The Hall–Kier alpha value is -0.930. The topological polar surface area (TPSA) is 46.2 Å². The molecule has 1 saturated carbocycles. The van der Waals surface area contributed by atoms with Gasteiger partial charge in [0.15, 0.2) is 10.6 Å². The summed E-state index contributed by atoms with van der Waals surface area (Å²) in [7, 11) is 0. The third-order valence-electron chi connectivity index (χ3n) is 3.18. The predicted molar refractivity (Wildman–Crippen MR) is 68.5 cm³/mol. The van der Waals surface area contributed by atoms with Gasteiger partial charge in [-0.25, -0.2) is 4.68 Å². The first-order valence-corrected chi connectivity index (χ1v) is 6.84. The lowest BCUT2D eigenvalue weighted by atomic mass is 10.5. The molecule has 0 bridgehead atoms. The van der Waals surface area contributed by atoms with Crippen molar-refractivity contribution < 1.29 is 18.3 Å². The van der Waals surface area contributed by atoms with Crippen molar-refractivity contribution in [1.82, 2.24) is 19.2 Å². The van der Waals surface area contributed by atoms with E-state index in [1.165, 1.54) is 9.58 Å². The standard InChI is InChI=1S/C11H17F3N4OS/c1-2-16(6-11(12,13)14)7-17-10(20)18(8-3-4-8)9(5-19)15-17/h8,19H,2-7H2,1H3. The first-order valence-electron chi connectivity index (χ1n) is 6.44. The van der Waals surface area contributed by atoms with Crippen LogP contribution in [0.4, 0.5) is 13.2 Å². The molecule has 20 heavy (non-hydrogen) atoms. The van der Waals surface area contributed by atoms with Gasteiger partial charge < -0.3 is 5.11 Å². The van der Waals surface area contributed by atoms with E-state index in [9.17, 15) is 18.3 Å². The normalized spacial score (nSPS) is 16.1. The first-order chi connectivity index (χ1) is 9.35. The molecule has 0 spiro atoms. The third-order valence-corrected chi connectivity index (χ3v) is 3.59. The van der Waals surface area contributed by atoms with Crippen molar-refractivity contribution in [3.8, 4) is 0 Å². The van der Waals surface area contributed by atoms with Crippen LogP contribution in [0.5, 0.6) is 0 Å². The minimum Gasteiger partial charge on any atom is -0.388 e. The van der Waals surface area contributed by atoms with Crippen molar-refractivity contribution in [1.29, 1.82) is 0 Å². The quantitative estimate of drug-likeness (QED) is 0.817. The Morgan fingerprint density at radius 3 is 2.55 bits per heavy atom. The van der Waals surface area contributed by atoms with E-state index in [1.54, 1.807) is 11.5 Å². The summed E-state index contributed by atoms with van der Waals surface area (Å²) < 4.78 is 40.8. The van der Waals surface area contributed by atoms with Crippen molar-refractivity contribution in [3.05, 3.63) is 10.6 Å². The average molecular weight is 310 g/mol. The highest BCUT2D eigenvalue weighted by atomic mass is 32.1. The second-order valence-corrected chi connectivity index (χ2v) is 5.22. The Morgan fingerprint density at radius 2 is 2.10 bits per heavy atom. The molecule has 0 atom stereocenters. The van der Waals surface area contributed by atoms with Crippen molar-refractivity contribution in [2.45, 2.75) is 45.3 Å². The van der Waals surface area contributed by atoms with E-state index in [0.717, 1.165) is 12.8 Å². The molecular weight excluding hydrogens is 293 g/mol. The molecular formula is C11H17F3N4OS. The number of hydrogen-bond acceptors (Lipinski definition) is 4. The fourth-order valence-corrected chi connectivity index (χ4v) is 2.42. The lowest BCUT2D eigenvalue weighted by molar-refractivity contribution is -0.149. The largest absolute Gasteiger partial charge is 0.401 e. The Morgan fingerprint density at radius 1 is 1.45 bits per heavy atom. The average Bonchev–Trinajstić information content (AvgIpc) is 3.13. The molecule has 0 unspecified atom stereocenters. The van der Waals surface area contributed by atoms with Crippen molar-refractivity contribution in [2.75, 3.05) is 13.1 Å². The molecule has 1 aliphatic rings. The van der Waals surface area contributed by atoms with E-state index >= 15 is 0 Å². The summed E-state index contributed by atoms with van der Waals surface area (Å²) in [6.45, 7) is 0.600. The van der Waals surface area contributed by atoms with Gasteiger partial charge in [-0.15, -0.1) is 0 Å². The molecule has 1 fully saturated rings. The lowest BCUT2D eigenvalue weighted by Crippen LogP contribution is -2.35. The van der Waals surface area contributed by atoms with E-state index < -0.39 is 12.7 Å². The van der Waals surface area contributed by atoms with Crippen molar-refractivity contribution >= 4 is 12.2 Å². The van der Waals surface area contributed by atoms with Crippen LogP contribution in [0.3, 0.4) is 0 Å². The molecule has 0 radical (unpaired) electrons. The van der Waals surface area contributed by atoms with Gasteiger partial charge in [0, 0.05) is 6.04 Å². The van der Waals surface area contributed by atoms with E-state index in [0.29, 0.717) is 10.6 Å². The molecule has 1 aliphatic carbocycles. The van der Waals surface area contributed by atoms with E-state index in [-0.39, 0.29) is 25.9 Å². The Labute approximate surface area is 119 Å². The van der Waals surface area contributed by atoms with Crippen LogP contribution in [0, 0.1) is 4.77 Å². The first kappa shape index (κ1) is 15.5. The summed E-state index contributed by atoms with van der Waals surface area (Å²) in [4.78, 5) is 1.21. The van der Waals surface area contributed by atoms with Gasteiger partial charge in [-0.2, -0.15) is 18.3 Å². The molecule has 1 N–H and O–H groups in total. The Kier molecular flexibility index (Phi) is 4.50. The van der Waals surface area contributed by atoms with Crippen LogP contribution in [-0.2, 0) is 13.3 Å². The number of aromatic nitrogens is 3. The minimum absolute atomic E-state index is 0.0262. The molecule has 0 saturated heterocycles. The number of rotatable bonds is 6. The van der Waals surface area contributed by atoms with Crippen molar-refractivity contribution in [2.24, 2.45) is 0 Å². The van der Waals surface area contributed by atoms with Gasteiger partial charge in [-0.05, 0) is 31.6 Å². The molecule has 114 valence electrons. The molecule has 5 nitrogen and oxygen atoms in total. The maximum atomic E-state index is 12.4. The highest BCUT2D eigenvalue weighted by molar-refractivity contribution is 7.71. The minimum atomic E-state index is -4.25. The SMILES string of the molecule is CCN(Cn1nc(CO)n(C2CC2)c1=S)CC(F)(F)F. The van der Waals surface area contributed by atoms with Crippen LogP contribution in [0.1, 0.15) is 31.6 Å². The zero-order valence-electron chi connectivity index (χ0n) is 11.1. The second kappa shape index (κ2) is 5.82. The zero-order valence-corrected chi connectivity index (χ0v) is 11.9. The van der Waals surface area contributed by atoms with Crippen LogP contribution in [0.25, 0.3) is 0 Å². The zero-order chi connectivity index (χ0) is 14.9. The molecule has 0 aromatic carbocycles. The van der Waals surface area contributed by atoms with Crippen LogP contribution >= 0.6 is 12.2 Å². The summed E-state index contributed by atoms with van der Waals surface area (Å²) in [5, 5.41) is 13.4. The fourth-order valence-electron chi connectivity index (χ4n) is 2.07. The maximum Gasteiger partial charge on any atom is 0.401 e. The van der Waals surface area contributed by atoms with Crippen LogP contribution in [-0.4, -0.2) is 43.6 Å². The van der Waals surface area contributed by atoms with Crippen molar-refractivity contribution in [3.63, 3.8) is 0 Å². The van der Waals surface area contributed by atoms with Crippen LogP contribution in [0.2, 0.25) is 0 Å².